The number of rotatable bonds is 9. The molecular weight excluding hydrogens is 548 g/mol. The lowest BCUT2D eigenvalue weighted by molar-refractivity contribution is -0.139. The minimum Gasteiger partial charge on any atom is -0.497 e. The molecule has 2 heterocycles. The van der Waals surface area contributed by atoms with Crippen molar-refractivity contribution in [2.75, 3.05) is 26.7 Å². The molecule has 2 aromatic carbocycles. The van der Waals surface area contributed by atoms with Gasteiger partial charge in [0.05, 0.1) is 7.11 Å². The molecule has 0 saturated carbocycles. The number of carbonyl (C=O) groups excluding carboxylic acids is 4. The van der Waals surface area contributed by atoms with Crippen LogP contribution in [-0.4, -0.2) is 78.0 Å². The molecule has 2 aliphatic heterocycles. The van der Waals surface area contributed by atoms with Crippen LogP contribution in [0.3, 0.4) is 0 Å². The molecule has 0 bridgehead atoms. The number of hydrogen-bond acceptors (Lipinski definition) is 6. The average Bonchev–Trinajstić information content (AvgIpc) is 3.50. The van der Waals surface area contributed by atoms with Gasteiger partial charge in [-0.3, -0.25) is 19.3 Å². The van der Waals surface area contributed by atoms with Crippen LogP contribution in [0.1, 0.15) is 57.6 Å². The summed E-state index contributed by atoms with van der Waals surface area (Å²) in [6.45, 7) is 7.08. The number of nitrogens with zero attached hydrogens (tertiary/aromatic N) is 2. The molecule has 4 rings (SSSR count). The van der Waals surface area contributed by atoms with Gasteiger partial charge in [0.15, 0.2) is 0 Å². The highest BCUT2D eigenvalue weighted by molar-refractivity contribution is 5.89. The van der Waals surface area contributed by atoms with E-state index in [4.69, 9.17) is 9.47 Å². The van der Waals surface area contributed by atoms with Gasteiger partial charge in [0.1, 0.15) is 23.4 Å². The van der Waals surface area contributed by atoms with Gasteiger partial charge in [-0.2, -0.15) is 0 Å². The largest absolute Gasteiger partial charge is 0.497 e. The number of nitrogens with one attached hydrogen (secondary N) is 2. The van der Waals surface area contributed by atoms with Crippen LogP contribution in [-0.2, 0) is 32.1 Å². The predicted octanol–water partition coefficient (Wildman–Crippen LogP) is 3.68. The molecule has 0 radical (unpaired) electrons. The highest BCUT2D eigenvalue weighted by atomic mass is 16.6. The fourth-order valence-electron chi connectivity index (χ4n) is 5.54. The molecule has 0 unspecified atom stereocenters. The summed E-state index contributed by atoms with van der Waals surface area (Å²) < 4.78 is 10.7. The van der Waals surface area contributed by atoms with E-state index in [1.165, 1.54) is 4.90 Å². The van der Waals surface area contributed by atoms with E-state index < -0.39 is 23.8 Å². The first-order valence-electron chi connectivity index (χ1n) is 15.1. The van der Waals surface area contributed by atoms with Gasteiger partial charge in [0, 0.05) is 38.5 Å². The molecule has 2 saturated heterocycles. The van der Waals surface area contributed by atoms with Crippen LogP contribution < -0.4 is 15.4 Å². The van der Waals surface area contributed by atoms with Crippen molar-refractivity contribution in [1.29, 1.82) is 0 Å². The zero-order valence-electron chi connectivity index (χ0n) is 25.6. The van der Waals surface area contributed by atoms with Crippen molar-refractivity contribution in [2.45, 2.75) is 77.1 Å². The third-order valence-corrected chi connectivity index (χ3v) is 7.88. The minimum absolute atomic E-state index is 0.0953. The standard InChI is InChI=1S/C33H44N4O6/c1-33(2,3)43-32(41)37-18-8-11-28(37)31(40)36-19-16-25(17-20-36)29(38)35-27(21-23-9-6-5-7-10-23)30(39)34-22-24-12-14-26(42-4)15-13-24/h5-7,9-10,12-15,25,27-28H,8,11,16-22H2,1-4H3,(H,34,39)(H,35,38)/t27-,28-/m1/s1. The number of benzene rings is 2. The van der Waals surface area contributed by atoms with Gasteiger partial charge in [0.2, 0.25) is 17.7 Å². The Morgan fingerprint density at radius 3 is 2.21 bits per heavy atom. The second kappa shape index (κ2) is 14.4. The van der Waals surface area contributed by atoms with Crippen molar-refractivity contribution in [3.8, 4) is 5.75 Å². The molecule has 4 amide bonds. The van der Waals surface area contributed by atoms with Crippen LogP contribution in [0, 0.1) is 5.92 Å². The molecule has 2 aliphatic rings. The maximum Gasteiger partial charge on any atom is 0.410 e. The zero-order chi connectivity index (χ0) is 31.0. The van der Waals surface area contributed by atoms with Gasteiger partial charge in [-0.1, -0.05) is 42.5 Å². The highest BCUT2D eigenvalue weighted by Crippen LogP contribution is 2.25. The molecule has 43 heavy (non-hydrogen) atoms. The van der Waals surface area contributed by atoms with E-state index in [1.807, 2.05) is 75.4 Å². The van der Waals surface area contributed by atoms with Gasteiger partial charge in [-0.05, 0) is 69.7 Å². The van der Waals surface area contributed by atoms with E-state index in [0.717, 1.165) is 23.3 Å². The Morgan fingerprint density at radius 2 is 1.58 bits per heavy atom. The average molecular weight is 593 g/mol. The second-order valence-corrected chi connectivity index (χ2v) is 12.2. The molecule has 2 aromatic rings. The molecule has 232 valence electrons. The van der Waals surface area contributed by atoms with E-state index in [1.54, 1.807) is 12.0 Å². The third-order valence-electron chi connectivity index (χ3n) is 7.88. The third kappa shape index (κ3) is 8.95. The lowest BCUT2D eigenvalue weighted by atomic mass is 9.94. The van der Waals surface area contributed by atoms with Crippen LogP contribution >= 0.6 is 0 Å². The quantitative estimate of drug-likeness (QED) is 0.459. The Bertz CT molecular complexity index is 1250. The van der Waals surface area contributed by atoms with E-state index in [9.17, 15) is 19.2 Å². The van der Waals surface area contributed by atoms with E-state index in [-0.39, 0.29) is 23.6 Å². The summed E-state index contributed by atoms with van der Waals surface area (Å²) in [6, 6.07) is 15.8. The number of methoxy groups -OCH3 is 1. The van der Waals surface area contributed by atoms with Crippen LogP contribution in [0.15, 0.2) is 54.6 Å². The molecule has 10 heteroatoms. The van der Waals surface area contributed by atoms with Crippen molar-refractivity contribution in [2.24, 2.45) is 5.92 Å². The molecule has 10 nitrogen and oxygen atoms in total. The smallest absolute Gasteiger partial charge is 0.410 e. The lowest BCUT2D eigenvalue weighted by Crippen LogP contribution is -2.53. The summed E-state index contributed by atoms with van der Waals surface area (Å²) in [7, 11) is 1.60. The topological polar surface area (TPSA) is 117 Å². The molecule has 0 aromatic heterocycles. The number of likely N-dealkylation sites (tertiary alicyclic amines) is 2. The van der Waals surface area contributed by atoms with E-state index in [0.29, 0.717) is 51.9 Å². The summed E-state index contributed by atoms with van der Waals surface area (Å²) in [5.74, 6) is -0.127. The Hall–Kier alpha value is -4.08. The summed E-state index contributed by atoms with van der Waals surface area (Å²) in [5, 5.41) is 5.94. The fraction of sp³-hybridized carbons (Fsp3) is 0.515. The molecule has 2 N–H and O–H groups in total. The fourth-order valence-corrected chi connectivity index (χ4v) is 5.54. The first-order chi connectivity index (χ1) is 20.5. The number of ether oxygens (including phenoxy) is 2. The van der Waals surface area contributed by atoms with Crippen LogP contribution in [0.25, 0.3) is 0 Å². The monoisotopic (exact) mass is 592 g/mol. The minimum atomic E-state index is -0.742. The number of piperidine rings is 1. The first kappa shape index (κ1) is 31.8. The maximum absolute atomic E-state index is 13.4. The normalized spacial score (nSPS) is 18.1. The molecule has 2 atom stereocenters. The number of hydrogen-bond donors (Lipinski definition) is 2. The second-order valence-electron chi connectivity index (χ2n) is 12.2. The summed E-state index contributed by atoms with van der Waals surface area (Å²) in [4.78, 5) is 56.0. The Morgan fingerprint density at radius 1 is 0.907 bits per heavy atom. The van der Waals surface area contributed by atoms with Crippen molar-refractivity contribution >= 4 is 23.8 Å². The highest BCUT2D eigenvalue weighted by Gasteiger charge is 2.40. The Balaban J connectivity index is 1.33. The van der Waals surface area contributed by atoms with Gasteiger partial charge in [0.25, 0.3) is 0 Å². The summed E-state index contributed by atoms with van der Waals surface area (Å²) in [5.41, 5.74) is 1.23. The Labute approximate surface area is 254 Å². The maximum atomic E-state index is 13.4. The summed E-state index contributed by atoms with van der Waals surface area (Å²) >= 11 is 0. The molecule has 2 fully saturated rings. The first-order valence-corrected chi connectivity index (χ1v) is 15.1. The number of carbonyl (C=O) groups is 4. The summed E-state index contributed by atoms with van der Waals surface area (Å²) in [6.07, 6.45) is 2.22. The van der Waals surface area contributed by atoms with Crippen LogP contribution in [0.5, 0.6) is 5.75 Å². The van der Waals surface area contributed by atoms with Gasteiger partial charge < -0.3 is 25.0 Å². The lowest BCUT2D eigenvalue weighted by Gasteiger charge is -2.35. The van der Waals surface area contributed by atoms with Crippen molar-refractivity contribution in [3.05, 3.63) is 65.7 Å². The molecule has 0 spiro atoms. The van der Waals surface area contributed by atoms with Crippen LogP contribution in [0.4, 0.5) is 4.79 Å². The van der Waals surface area contributed by atoms with Crippen LogP contribution in [0.2, 0.25) is 0 Å². The zero-order valence-corrected chi connectivity index (χ0v) is 25.6. The van der Waals surface area contributed by atoms with Crippen molar-refractivity contribution < 1.29 is 28.7 Å². The molecule has 0 aliphatic carbocycles. The SMILES string of the molecule is COc1ccc(CNC(=O)[C@@H](Cc2ccccc2)NC(=O)C2CCN(C(=O)[C@H]3CCCN3C(=O)OC(C)(C)C)CC2)cc1. The predicted molar refractivity (Wildman–Crippen MR) is 162 cm³/mol. The molecular formula is C33H44N4O6. The Kier molecular flexibility index (Phi) is 10.7. The van der Waals surface area contributed by atoms with Gasteiger partial charge in [-0.25, -0.2) is 4.79 Å². The number of amides is 4. The van der Waals surface area contributed by atoms with Crippen molar-refractivity contribution in [1.82, 2.24) is 20.4 Å². The van der Waals surface area contributed by atoms with Crippen molar-refractivity contribution in [3.63, 3.8) is 0 Å². The van der Waals surface area contributed by atoms with E-state index >= 15 is 0 Å². The van der Waals surface area contributed by atoms with Gasteiger partial charge >= 0.3 is 6.09 Å². The van der Waals surface area contributed by atoms with E-state index in [2.05, 4.69) is 10.6 Å². The van der Waals surface area contributed by atoms with Gasteiger partial charge in [-0.15, -0.1) is 0 Å².